The minimum absolute atomic E-state index is 0.0176. The highest BCUT2D eigenvalue weighted by Crippen LogP contribution is 2.34. The third-order valence-electron chi connectivity index (χ3n) is 9.20. The molecule has 252 valence electrons. The number of primary amides is 1. The van der Waals surface area contributed by atoms with Crippen LogP contribution in [0.25, 0.3) is 22.0 Å². The molecule has 0 radical (unpaired) electrons. The van der Waals surface area contributed by atoms with Gasteiger partial charge in [-0.2, -0.15) is 0 Å². The number of amides is 2. The Morgan fingerprint density at radius 1 is 0.980 bits per heavy atom. The number of Topliss-reactive ketones (excluding diaryl/α,β-unsaturated/α-hetero) is 1. The minimum Gasteiger partial charge on any atom is -0.378 e. The zero-order valence-electron chi connectivity index (χ0n) is 27.1. The van der Waals surface area contributed by atoms with Gasteiger partial charge in [-0.05, 0) is 66.4 Å². The van der Waals surface area contributed by atoms with Crippen LogP contribution in [0.2, 0.25) is 0 Å². The second-order valence-electron chi connectivity index (χ2n) is 12.4. The van der Waals surface area contributed by atoms with Gasteiger partial charge in [0.05, 0.1) is 30.3 Å². The molecule has 6 rings (SSSR count). The lowest BCUT2D eigenvalue weighted by Gasteiger charge is -2.38. The van der Waals surface area contributed by atoms with E-state index >= 15 is 0 Å². The van der Waals surface area contributed by atoms with Crippen LogP contribution in [0.4, 0.5) is 13.2 Å². The summed E-state index contributed by atoms with van der Waals surface area (Å²) >= 11 is 0. The molecule has 3 heterocycles. The summed E-state index contributed by atoms with van der Waals surface area (Å²) < 4.78 is 50.2. The van der Waals surface area contributed by atoms with Crippen molar-refractivity contribution in [1.82, 2.24) is 14.5 Å². The second kappa shape index (κ2) is 14.1. The average Bonchev–Trinajstić information content (AvgIpc) is 3.29. The fourth-order valence-electron chi connectivity index (χ4n) is 6.65. The monoisotopic (exact) mass is 668 g/mol. The number of pyridine rings is 1. The van der Waals surface area contributed by atoms with Gasteiger partial charge in [0.25, 0.3) is 5.91 Å². The normalized spacial score (nSPS) is 13.8. The zero-order chi connectivity index (χ0) is 34.8. The highest BCUT2D eigenvalue weighted by Gasteiger charge is 2.31. The minimum atomic E-state index is -0.939. The number of rotatable bonds is 12. The fraction of sp³-hybridized carbons (Fsp3) is 0.263. The number of hydrogen-bond donors (Lipinski definition) is 1. The molecule has 2 N–H and O–H groups in total. The Bertz CT molecular complexity index is 2050. The smallest absolute Gasteiger partial charge is 0.251 e. The average molecular weight is 669 g/mol. The molecule has 0 spiro atoms. The van der Waals surface area contributed by atoms with Crippen LogP contribution in [0, 0.1) is 24.4 Å². The third-order valence-corrected chi connectivity index (χ3v) is 9.20. The predicted molar refractivity (Wildman–Crippen MR) is 178 cm³/mol. The van der Waals surface area contributed by atoms with Crippen molar-refractivity contribution in [3.05, 3.63) is 125 Å². The standard InChI is InChI=1S/C38H35F3N4O4/c1-22-32(18-36(47)44-20-29(21-44)49-2)31-6-3-4-8-35(31)45(22)19-28(46)15-25(12-23-13-26(39)17-27(40)14-23)37-30(7-5-11-43-37)24-9-10-34(41)33(16-24)38(42)48/h3-11,13-14,16-17,25,29H,12,15,18-21H2,1-2H3,(H2,42,48)/t25-/m1/s1. The van der Waals surface area contributed by atoms with Crippen LogP contribution in [0.1, 0.15) is 45.2 Å². The summed E-state index contributed by atoms with van der Waals surface area (Å²) in [5.74, 6) is -4.07. The Morgan fingerprint density at radius 2 is 1.71 bits per heavy atom. The number of fused-ring (bicyclic) bond motifs is 1. The summed E-state index contributed by atoms with van der Waals surface area (Å²) in [7, 11) is 1.62. The number of ketones is 1. The lowest BCUT2D eigenvalue weighted by atomic mass is 9.86. The van der Waals surface area contributed by atoms with Crippen LogP contribution in [-0.4, -0.2) is 58.4 Å². The molecule has 8 nitrogen and oxygen atoms in total. The summed E-state index contributed by atoms with van der Waals surface area (Å²) in [6, 6.07) is 18.1. The molecule has 0 aliphatic carbocycles. The fourth-order valence-corrected chi connectivity index (χ4v) is 6.65. The number of para-hydroxylation sites is 1. The predicted octanol–water partition coefficient (Wildman–Crippen LogP) is 5.91. The van der Waals surface area contributed by atoms with Gasteiger partial charge in [-0.1, -0.05) is 30.3 Å². The van der Waals surface area contributed by atoms with Crippen molar-refractivity contribution < 1.29 is 32.3 Å². The SMILES string of the molecule is COC1CN(C(=O)Cc2c(C)n(CC(=O)C[C@@H](Cc3cc(F)cc(F)c3)c3ncccc3-c3ccc(F)c(C(N)=O)c3)c3ccccc23)C1. The first kappa shape index (κ1) is 33.6. The first-order chi connectivity index (χ1) is 23.5. The van der Waals surface area contributed by atoms with Gasteiger partial charge in [0.2, 0.25) is 5.91 Å². The second-order valence-corrected chi connectivity index (χ2v) is 12.4. The van der Waals surface area contributed by atoms with E-state index in [-0.39, 0.29) is 49.2 Å². The maximum Gasteiger partial charge on any atom is 0.251 e. The molecule has 1 atom stereocenters. The molecule has 1 fully saturated rings. The molecule has 1 aliphatic heterocycles. The van der Waals surface area contributed by atoms with E-state index in [4.69, 9.17) is 10.5 Å². The van der Waals surface area contributed by atoms with Gasteiger partial charge < -0.3 is 19.9 Å². The maximum atomic E-state index is 14.4. The van der Waals surface area contributed by atoms with Gasteiger partial charge in [0.15, 0.2) is 5.78 Å². The number of carbonyl (C=O) groups excluding carboxylic acids is 3. The Hall–Kier alpha value is -5.29. The number of carbonyl (C=O) groups is 3. The van der Waals surface area contributed by atoms with Crippen LogP contribution in [-0.2, 0) is 33.7 Å². The lowest BCUT2D eigenvalue weighted by molar-refractivity contribution is -0.142. The summed E-state index contributed by atoms with van der Waals surface area (Å²) in [5.41, 5.74) is 9.27. The Labute approximate surface area is 281 Å². The summed E-state index contributed by atoms with van der Waals surface area (Å²) in [6.07, 6.45) is 1.77. The summed E-state index contributed by atoms with van der Waals surface area (Å²) in [6.45, 7) is 2.95. The van der Waals surface area contributed by atoms with E-state index in [0.717, 1.165) is 34.3 Å². The highest BCUT2D eigenvalue weighted by molar-refractivity contribution is 5.95. The molecule has 1 saturated heterocycles. The topological polar surface area (TPSA) is 108 Å². The van der Waals surface area contributed by atoms with Crippen molar-refractivity contribution in [3.63, 3.8) is 0 Å². The number of aromatic nitrogens is 2. The number of benzene rings is 3. The first-order valence-electron chi connectivity index (χ1n) is 15.9. The molecule has 0 saturated carbocycles. The van der Waals surface area contributed by atoms with Gasteiger partial charge in [0, 0.05) is 67.0 Å². The molecule has 2 amide bonds. The number of likely N-dealkylation sites (tertiary alicyclic amines) is 1. The molecule has 3 aromatic carbocycles. The van der Waals surface area contributed by atoms with E-state index in [9.17, 15) is 27.6 Å². The number of halogens is 3. The van der Waals surface area contributed by atoms with Crippen molar-refractivity contribution in [2.45, 2.75) is 44.8 Å². The van der Waals surface area contributed by atoms with Gasteiger partial charge in [-0.3, -0.25) is 19.4 Å². The third kappa shape index (κ3) is 7.12. The number of methoxy groups -OCH3 is 1. The Balaban J connectivity index is 1.33. The Kier molecular flexibility index (Phi) is 9.64. The Morgan fingerprint density at radius 3 is 2.43 bits per heavy atom. The van der Waals surface area contributed by atoms with Crippen molar-refractivity contribution in [3.8, 4) is 11.1 Å². The molecule has 2 aromatic heterocycles. The number of nitrogens with zero attached hydrogens (tertiary/aromatic N) is 3. The van der Waals surface area contributed by atoms with Gasteiger partial charge >= 0.3 is 0 Å². The van der Waals surface area contributed by atoms with Crippen LogP contribution >= 0.6 is 0 Å². The lowest BCUT2D eigenvalue weighted by Crippen LogP contribution is -2.54. The van der Waals surface area contributed by atoms with Crippen molar-refractivity contribution in [1.29, 1.82) is 0 Å². The zero-order valence-corrected chi connectivity index (χ0v) is 27.1. The van der Waals surface area contributed by atoms with E-state index in [1.54, 1.807) is 30.3 Å². The summed E-state index contributed by atoms with van der Waals surface area (Å²) in [4.78, 5) is 45.4. The van der Waals surface area contributed by atoms with Crippen LogP contribution in [0.5, 0.6) is 0 Å². The van der Waals surface area contributed by atoms with E-state index in [1.807, 2.05) is 35.8 Å². The van der Waals surface area contributed by atoms with Gasteiger partial charge in [-0.15, -0.1) is 0 Å². The largest absolute Gasteiger partial charge is 0.378 e. The highest BCUT2D eigenvalue weighted by atomic mass is 19.1. The van der Waals surface area contributed by atoms with Crippen molar-refractivity contribution in [2.24, 2.45) is 5.73 Å². The molecule has 11 heteroatoms. The van der Waals surface area contributed by atoms with E-state index in [0.29, 0.717) is 35.5 Å². The van der Waals surface area contributed by atoms with Crippen LogP contribution < -0.4 is 5.73 Å². The van der Waals surface area contributed by atoms with Crippen molar-refractivity contribution >= 4 is 28.5 Å². The molecule has 0 bridgehead atoms. The molecular formula is C38H35F3N4O4. The van der Waals surface area contributed by atoms with E-state index in [1.165, 1.54) is 24.3 Å². The molecule has 0 unspecified atom stereocenters. The summed E-state index contributed by atoms with van der Waals surface area (Å²) in [5, 5.41) is 0.880. The number of ether oxygens (including phenoxy) is 1. The molecule has 5 aromatic rings. The molecule has 49 heavy (non-hydrogen) atoms. The number of hydrogen-bond acceptors (Lipinski definition) is 5. The molecular weight excluding hydrogens is 633 g/mol. The van der Waals surface area contributed by atoms with Crippen LogP contribution in [0.3, 0.4) is 0 Å². The van der Waals surface area contributed by atoms with Gasteiger partial charge in [-0.25, -0.2) is 13.2 Å². The quantitative estimate of drug-likeness (QED) is 0.178. The first-order valence-corrected chi connectivity index (χ1v) is 15.9. The van der Waals surface area contributed by atoms with E-state index < -0.39 is 29.3 Å². The molecule has 1 aliphatic rings. The van der Waals surface area contributed by atoms with E-state index in [2.05, 4.69) is 4.98 Å². The number of nitrogens with two attached hydrogens (primary N) is 1. The van der Waals surface area contributed by atoms with Crippen LogP contribution in [0.15, 0.2) is 79.0 Å². The van der Waals surface area contributed by atoms with Gasteiger partial charge in [0.1, 0.15) is 17.5 Å². The maximum absolute atomic E-state index is 14.4. The van der Waals surface area contributed by atoms with Crippen molar-refractivity contribution in [2.75, 3.05) is 20.2 Å².